The van der Waals surface area contributed by atoms with Crippen LogP contribution in [0.2, 0.25) is 0 Å². The van der Waals surface area contributed by atoms with Crippen LogP contribution in [-0.2, 0) is 0 Å². The molecule has 6 saturated carbocycles. The highest BCUT2D eigenvalue weighted by atomic mass is 14.8. The largest absolute Gasteiger partial charge is 0.327 e. The Hall–Kier alpha value is -0.0800. The van der Waals surface area contributed by atoms with Gasteiger partial charge >= 0.3 is 0 Å². The zero-order valence-electron chi connectivity index (χ0n) is 17.0. The van der Waals surface area contributed by atoms with Gasteiger partial charge in [-0.1, -0.05) is 20.3 Å². The molecule has 26 heavy (non-hydrogen) atoms. The Morgan fingerprint density at radius 3 is 2.19 bits per heavy atom. The van der Waals surface area contributed by atoms with Crippen LogP contribution >= 0.6 is 0 Å². The van der Waals surface area contributed by atoms with E-state index in [4.69, 9.17) is 11.5 Å². The molecule has 0 aromatic rings. The summed E-state index contributed by atoms with van der Waals surface area (Å²) in [4.78, 5) is 0. The fourth-order valence-electron chi connectivity index (χ4n) is 10.5. The Morgan fingerprint density at radius 2 is 1.54 bits per heavy atom. The van der Waals surface area contributed by atoms with E-state index in [0.29, 0.717) is 22.9 Å². The first-order valence-corrected chi connectivity index (χ1v) is 12.0. The van der Waals surface area contributed by atoms with Crippen LogP contribution in [0.1, 0.15) is 78.1 Å². The lowest BCUT2D eigenvalue weighted by Crippen LogP contribution is -2.49. The predicted molar refractivity (Wildman–Crippen MR) is 106 cm³/mol. The summed E-state index contributed by atoms with van der Waals surface area (Å²) >= 11 is 0. The summed E-state index contributed by atoms with van der Waals surface area (Å²) in [5, 5.41) is 0. The van der Waals surface area contributed by atoms with Crippen molar-refractivity contribution >= 4 is 0 Å². The summed E-state index contributed by atoms with van der Waals surface area (Å²) in [6.45, 7) is 5.07. The van der Waals surface area contributed by atoms with Gasteiger partial charge in [-0.25, -0.2) is 0 Å². The zero-order chi connectivity index (χ0) is 17.8. The molecule has 0 aliphatic heterocycles. The second kappa shape index (κ2) is 5.29. The number of rotatable bonds is 1. The molecule has 146 valence electrons. The van der Waals surface area contributed by atoms with Crippen molar-refractivity contribution in [3.63, 3.8) is 0 Å². The van der Waals surface area contributed by atoms with E-state index >= 15 is 0 Å². The first-order valence-electron chi connectivity index (χ1n) is 12.0. The average Bonchev–Trinajstić information content (AvgIpc) is 3.40. The van der Waals surface area contributed by atoms with Crippen LogP contribution in [0, 0.1) is 58.2 Å². The first kappa shape index (κ1) is 16.8. The third-order valence-corrected chi connectivity index (χ3v) is 11.4. The lowest BCUT2D eigenvalue weighted by atomic mass is 9.60. The molecule has 4 N–H and O–H groups in total. The molecule has 0 radical (unpaired) electrons. The van der Waals surface area contributed by atoms with E-state index < -0.39 is 0 Å². The van der Waals surface area contributed by atoms with Gasteiger partial charge < -0.3 is 11.5 Å². The molecule has 6 fully saturated rings. The Balaban J connectivity index is 1.29. The van der Waals surface area contributed by atoms with E-state index in [1.165, 1.54) is 64.2 Å². The molecule has 12 atom stereocenters. The van der Waals surface area contributed by atoms with Crippen molar-refractivity contribution in [3.05, 3.63) is 0 Å². The molecule has 6 aliphatic carbocycles. The fraction of sp³-hybridized carbons (Fsp3) is 1.00. The molecule has 0 amide bonds. The van der Waals surface area contributed by atoms with Crippen molar-refractivity contribution in [3.8, 4) is 0 Å². The highest BCUT2D eigenvalue weighted by Crippen LogP contribution is 2.71. The van der Waals surface area contributed by atoms with Crippen LogP contribution in [0.4, 0.5) is 0 Å². The smallest absolute Gasteiger partial charge is 0.0127 e. The van der Waals surface area contributed by atoms with Gasteiger partial charge in [0, 0.05) is 12.1 Å². The molecule has 0 heterocycles. The van der Waals surface area contributed by atoms with Crippen molar-refractivity contribution in [1.29, 1.82) is 0 Å². The molecule has 4 unspecified atom stereocenters. The first-order chi connectivity index (χ1) is 12.4. The van der Waals surface area contributed by atoms with E-state index in [2.05, 4.69) is 13.8 Å². The van der Waals surface area contributed by atoms with Crippen molar-refractivity contribution in [2.45, 2.75) is 90.1 Å². The van der Waals surface area contributed by atoms with Gasteiger partial charge in [0.2, 0.25) is 0 Å². The maximum Gasteiger partial charge on any atom is 0.0127 e. The second-order valence-electron chi connectivity index (χ2n) is 12.2. The average molecular weight is 357 g/mol. The SMILES string of the molecule is C[C@@H]1CCC2(C1)[C@@H]1C[C@@H](CC1C1CC3(C[C@H]1C)[C@H]1CC[C@H](C1)[C@H]3N)[C@H]2N. The van der Waals surface area contributed by atoms with Crippen LogP contribution in [0.5, 0.6) is 0 Å². The molecule has 2 heteroatoms. The predicted octanol–water partition coefficient (Wildman–Crippen LogP) is 4.57. The van der Waals surface area contributed by atoms with E-state index in [1.807, 2.05) is 0 Å². The standard InChI is InChI=1S/C24H40N2/c1-13-5-6-23(10-13)20-9-16(22(23)26)8-18(20)19-12-24(11-14(19)2)17-4-3-15(7-17)21(24)25/h13-22H,3-12,25-26H2,1-2H3/t13-,14-,15-,16-,17+,18?,19?,20-,21-,22-,23?,24?/m1/s1. The summed E-state index contributed by atoms with van der Waals surface area (Å²) < 4.78 is 0. The summed E-state index contributed by atoms with van der Waals surface area (Å²) in [6, 6.07) is 1.04. The van der Waals surface area contributed by atoms with Crippen LogP contribution in [0.15, 0.2) is 0 Å². The minimum Gasteiger partial charge on any atom is -0.327 e. The quantitative estimate of drug-likeness (QED) is 0.723. The van der Waals surface area contributed by atoms with E-state index in [9.17, 15) is 0 Å². The summed E-state index contributed by atoms with van der Waals surface area (Å²) in [5.41, 5.74) is 14.8. The normalized spacial score (nSPS) is 66.0. The second-order valence-corrected chi connectivity index (χ2v) is 12.2. The third kappa shape index (κ3) is 1.87. The number of nitrogens with two attached hydrogens (primary N) is 2. The highest BCUT2D eigenvalue weighted by molar-refractivity contribution is 5.18. The molecule has 0 saturated heterocycles. The van der Waals surface area contributed by atoms with Crippen molar-refractivity contribution in [1.82, 2.24) is 0 Å². The van der Waals surface area contributed by atoms with Crippen molar-refractivity contribution in [2.75, 3.05) is 0 Å². The Bertz CT molecular complexity index is 599. The topological polar surface area (TPSA) is 52.0 Å². The molecule has 4 bridgehead atoms. The van der Waals surface area contributed by atoms with Crippen molar-refractivity contribution < 1.29 is 0 Å². The maximum atomic E-state index is 6.90. The summed E-state index contributed by atoms with van der Waals surface area (Å²) in [6.07, 6.45) is 14.5. The van der Waals surface area contributed by atoms with E-state index in [-0.39, 0.29) is 0 Å². The van der Waals surface area contributed by atoms with Gasteiger partial charge in [0.15, 0.2) is 0 Å². The minimum atomic E-state index is 0.518. The Labute approximate surface area is 160 Å². The number of hydrogen-bond acceptors (Lipinski definition) is 2. The van der Waals surface area contributed by atoms with E-state index in [0.717, 1.165) is 47.3 Å². The molecular weight excluding hydrogens is 316 g/mol. The van der Waals surface area contributed by atoms with Crippen LogP contribution in [-0.4, -0.2) is 12.1 Å². The van der Waals surface area contributed by atoms with Gasteiger partial charge in [-0.05, 0) is 116 Å². The van der Waals surface area contributed by atoms with Gasteiger partial charge in [0.05, 0.1) is 0 Å². The maximum absolute atomic E-state index is 6.90. The summed E-state index contributed by atoms with van der Waals surface area (Å²) in [7, 11) is 0. The number of fused-ring (bicyclic) bond motifs is 6. The molecule has 0 aromatic heterocycles. The van der Waals surface area contributed by atoms with E-state index in [1.54, 1.807) is 0 Å². The van der Waals surface area contributed by atoms with Gasteiger partial charge in [-0.2, -0.15) is 0 Å². The third-order valence-electron chi connectivity index (χ3n) is 11.4. The Kier molecular flexibility index (Phi) is 3.43. The fourth-order valence-corrected chi connectivity index (χ4v) is 10.5. The van der Waals surface area contributed by atoms with Gasteiger partial charge in [0.1, 0.15) is 0 Å². The molecule has 6 rings (SSSR count). The van der Waals surface area contributed by atoms with Gasteiger partial charge in [-0.3, -0.25) is 0 Å². The lowest BCUT2D eigenvalue weighted by molar-refractivity contribution is 0.0410. The zero-order valence-corrected chi connectivity index (χ0v) is 17.0. The molecule has 0 aromatic carbocycles. The van der Waals surface area contributed by atoms with Crippen LogP contribution in [0.3, 0.4) is 0 Å². The van der Waals surface area contributed by atoms with Gasteiger partial charge in [0.25, 0.3) is 0 Å². The molecule has 6 aliphatic rings. The highest BCUT2D eigenvalue weighted by Gasteiger charge is 2.66. The van der Waals surface area contributed by atoms with Gasteiger partial charge in [-0.15, -0.1) is 0 Å². The monoisotopic (exact) mass is 356 g/mol. The van der Waals surface area contributed by atoms with Crippen LogP contribution in [0.25, 0.3) is 0 Å². The van der Waals surface area contributed by atoms with Crippen LogP contribution < -0.4 is 11.5 Å². The molecule has 2 spiro atoms. The molecule has 2 nitrogen and oxygen atoms in total. The summed E-state index contributed by atoms with van der Waals surface area (Å²) in [5.74, 6) is 7.36. The molecular formula is C24H40N2. The number of hydrogen-bond donors (Lipinski definition) is 2. The van der Waals surface area contributed by atoms with Crippen molar-refractivity contribution in [2.24, 2.45) is 69.6 Å². The lowest BCUT2D eigenvalue weighted by Gasteiger charge is -2.47. The minimum absolute atomic E-state index is 0.518. The Morgan fingerprint density at radius 1 is 0.731 bits per heavy atom.